The van der Waals surface area contributed by atoms with Crippen molar-refractivity contribution in [3.05, 3.63) is 86.3 Å². The molecule has 0 amide bonds. The third-order valence-electron chi connectivity index (χ3n) is 5.27. The summed E-state index contributed by atoms with van der Waals surface area (Å²) in [7, 11) is 0. The maximum absolute atomic E-state index is 13.6. The molecule has 0 aromatic carbocycles. The van der Waals surface area contributed by atoms with Gasteiger partial charge < -0.3 is 10.4 Å². The van der Waals surface area contributed by atoms with Gasteiger partial charge in [0, 0.05) is 41.3 Å². The number of pyridine rings is 3. The lowest BCUT2D eigenvalue weighted by Gasteiger charge is -2.16. The fourth-order valence-electron chi connectivity index (χ4n) is 3.50. The van der Waals surface area contributed by atoms with Crippen LogP contribution in [0, 0.1) is 13.8 Å². The van der Waals surface area contributed by atoms with E-state index in [4.69, 9.17) is 11.6 Å². The predicted molar refractivity (Wildman–Crippen MR) is 123 cm³/mol. The smallest absolute Gasteiger partial charge is 0.417 e. The third-order valence-corrected chi connectivity index (χ3v) is 5.48. The highest BCUT2D eigenvalue weighted by Crippen LogP contribution is 2.31. The van der Waals surface area contributed by atoms with Gasteiger partial charge in [-0.05, 0) is 44.2 Å². The number of aryl methyl sites for hydroxylation is 1. The number of fused-ring (bicyclic) bond motifs is 1. The first kappa shape index (κ1) is 24.1. The maximum atomic E-state index is 13.6. The summed E-state index contributed by atoms with van der Waals surface area (Å²) in [4.78, 5) is 37.0. The molecule has 4 aromatic heterocycles. The minimum atomic E-state index is -4.73. The van der Waals surface area contributed by atoms with E-state index in [1.165, 1.54) is 25.3 Å². The number of alkyl halides is 3. The van der Waals surface area contributed by atoms with E-state index in [9.17, 15) is 27.9 Å². The van der Waals surface area contributed by atoms with E-state index >= 15 is 0 Å². The highest BCUT2D eigenvalue weighted by atomic mass is 35.5. The molecule has 0 saturated heterocycles. The van der Waals surface area contributed by atoms with Crippen molar-refractivity contribution in [3.8, 4) is 11.3 Å². The number of carbonyl (C=O) groups is 1. The summed E-state index contributed by atoms with van der Waals surface area (Å²) in [5.41, 5.74) is -0.378. The molecular formula is C23H17ClF3N5O3. The summed E-state index contributed by atoms with van der Waals surface area (Å²) in [5, 5.41) is 12.1. The van der Waals surface area contributed by atoms with Crippen LogP contribution in [-0.4, -0.2) is 30.4 Å². The van der Waals surface area contributed by atoms with Crippen molar-refractivity contribution in [2.45, 2.75) is 26.6 Å². The van der Waals surface area contributed by atoms with Gasteiger partial charge in [-0.25, -0.2) is 14.8 Å². The molecule has 0 aliphatic rings. The maximum Gasteiger partial charge on any atom is 0.417 e. The van der Waals surface area contributed by atoms with E-state index in [-0.39, 0.29) is 39.9 Å². The van der Waals surface area contributed by atoms with Gasteiger partial charge in [0.2, 0.25) is 0 Å². The molecule has 0 bridgehead atoms. The van der Waals surface area contributed by atoms with E-state index in [0.29, 0.717) is 11.8 Å². The largest absolute Gasteiger partial charge is 0.476 e. The van der Waals surface area contributed by atoms with Gasteiger partial charge in [0.25, 0.3) is 5.56 Å². The molecule has 0 radical (unpaired) electrons. The fourth-order valence-corrected chi connectivity index (χ4v) is 3.65. The van der Waals surface area contributed by atoms with Crippen LogP contribution in [-0.2, 0) is 12.7 Å². The zero-order valence-electron chi connectivity index (χ0n) is 18.3. The normalized spacial score (nSPS) is 11.6. The lowest BCUT2D eigenvalue weighted by molar-refractivity contribution is -0.137. The highest BCUT2D eigenvalue weighted by molar-refractivity contribution is 6.29. The first-order valence-electron chi connectivity index (χ1n) is 10.2. The molecule has 12 heteroatoms. The summed E-state index contributed by atoms with van der Waals surface area (Å²) in [6.07, 6.45) is -2.50. The summed E-state index contributed by atoms with van der Waals surface area (Å²) in [5.74, 6) is -1.37. The van der Waals surface area contributed by atoms with Crippen LogP contribution in [0.4, 0.5) is 18.9 Å². The van der Waals surface area contributed by atoms with Gasteiger partial charge in [0.1, 0.15) is 10.8 Å². The lowest BCUT2D eigenvalue weighted by Crippen LogP contribution is -2.23. The average Bonchev–Trinajstić information content (AvgIpc) is 2.80. The molecule has 4 aromatic rings. The van der Waals surface area contributed by atoms with Crippen LogP contribution in [0.1, 0.15) is 32.9 Å². The Bertz CT molecular complexity index is 1520. The Labute approximate surface area is 201 Å². The van der Waals surface area contributed by atoms with Crippen LogP contribution in [0.3, 0.4) is 0 Å². The molecule has 180 valence electrons. The number of halogens is 4. The minimum absolute atomic E-state index is 0.0181. The molecule has 0 saturated carbocycles. The molecule has 0 aliphatic heterocycles. The molecular weight excluding hydrogens is 487 g/mol. The average molecular weight is 504 g/mol. The standard InChI is InChI=1S/C23H17ClF3N5O3/c1-11-3-4-13(8-28-11)18-12(2)21(33)32-10-15(23(25,26)27)7-14(20(32)31-18)9-29-16-5-6-17(24)30-19(16)22(34)35/h3-8,10,29H,9H2,1-2H3,(H,34,35). The summed E-state index contributed by atoms with van der Waals surface area (Å²) < 4.78 is 41.7. The molecule has 0 fully saturated rings. The van der Waals surface area contributed by atoms with Gasteiger partial charge in [-0.1, -0.05) is 11.6 Å². The van der Waals surface area contributed by atoms with Crippen molar-refractivity contribution in [2.75, 3.05) is 5.32 Å². The molecule has 2 N–H and O–H groups in total. The Morgan fingerprint density at radius 2 is 1.91 bits per heavy atom. The first-order chi connectivity index (χ1) is 16.5. The first-order valence-corrected chi connectivity index (χ1v) is 10.5. The van der Waals surface area contributed by atoms with Gasteiger partial charge in [-0.2, -0.15) is 13.2 Å². The molecule has 35 heavy (non-hydrogen) atoms. The monoisotopic (exact) mass is 503 g/mol. The van der Waals surface area contributed by atoms with Crippen molar-refractivity contribution >= 4 is 28.9 Å². The van der Waals surface area contributed by atoms with Crippen LogP contribution in [0.25, 0.3) is 16.9 Å². The van der Waals surface area contributed by atoms with E-state index in [0.717, 1.165) is 16.2 Å². The second-order valence-electron chi connectivity index (χ2n) is 7.71. The van der Waals surface area contributed by atoms with E-state index in [2.05, 4.69) is 20.3 Å². The number of rotatable bonds is 5. The number of nitrogens with zero attached hydrogens (tertiary/aromatic N) is 4. The number of aromatic carboxylic acids is 1. The summed E-state index contributed by atoms with van der Waals surface area (Å²) >= 11 is 5.76. The number of hydrogen-bond acceptors (Lipinski definition) is 6. The molecule has 4 rings (SSSR count). The molecule has 0 unspecified atom stereocenters. The van der Waals surface area contributed by atoms with Gasteiger partial charge >= 0.3 is 12.1 Å². The highest BCUT2D eigenvalue weighted by Gasteiger charge is 2.32. The van der Waals surface area contributed by atoms with E-state index in [1.807, 2.05) is 0 Å². The second kappa shape index (κ2) is 8.99. The van der Waals surface area contributed by atoms with Crippen molar-refractivity contribution < 1.29 is 23.1 Å². The van der Waals surface area contributed by atoms with Crippen LogP contribution in [0.2, 0.25) is 5.15 Å². The van der Waals surface area contributed by atoms with Gasteiger partial charge in [0.05, 0.1) is 16.9 Å². The lowest BCUT2D eigenvalue weighted by atomic mass is 10.1. The Morgan fingerprint density at radius 3 is 2.54 bits per heavy atom. The summed E-state index contributed by atoms with van der Waals surface area (Å²) in [6, 6.07) is 7.00. The van der Waals surface area contributed by atoms with Gasteiger partial charge in [0.15, 0.2) is 5.69 Å². The SMILES string of the molecule is Cc1ccc(-c2nc3c(CNc4ccc(Cl)nc4C(=O)O)cc(C(F)(F)F)cn3c(=O)c2C)cn1. The third kappa shape index (κ3) is 4.80. The van der Waals surface area contributed by atoms with E-state index in [1.54, 1.807) is 19.1 Å². The van der Waals surface area contributed by atoms with E-state index < -0.39 is 29.0 Å². The zero-order valence-corrected chi connectivity index (χ0v) is 19.1. The Balaban J connectivity index is 1.90. The number of nitrogens with one attached hydrogen (secondary N) is 1. The second-order valence-corrected chi connectivity index (χ2v) is 8.10. The number of aromatic nitrogens is 4. The number of hydrogen-bond donors (Lipinski definition) is 2. The molecule has 8 nitrogen and oxygen atoms in total. The van der Waals surface area contributed by atoms with Crippen LogP contribution in [0.15, 0.2) is 47.5 Å². The topological polar surface area (TPSA) is 109 Å². The van der Waals surface area contributed by atoms with Crippen molar-refractivity contribution in [2.24, 2.45) is 0 Å². The Hall–Kier alpha value is -3.99. The van der Waals surface area contributed by atoms with Crippen LogP contribution < -0.4 is 10.9 Å². The quantitative estimate of drug-likeness (QED) is 0.378. The Kier molecular flexibility index (Phi) is 6.20. The molecule has 0 atom stereocenters. The Morgan fingerprint density at radius 1 is 1.17 bits per heavy atom. The minimum Gasteiger partial charge on any atom is -0.476 e. The summed E-state index contributed by atoms with van der Waals surface area (Å²) in [6.45, 7) is 2.99. The van der Waals surface area contributed by atoms with Crippen LogP contribution in [0.5, 0.6) is 0 Å². The van der Waals surface area contributed by atoms with Crippen molar-refractivity contribution in [1.82, 2.24) is 19.4 Å². The van der Waals surface area contributed by atoms with Crippen molar-refractivity contribution in [3.63, 3.8) is 0 Å². The van der Waals surface area contributed by atoms with Gasteiger partial charge in [-0.15, -0.1) is 0 Å². The molecule has 0 aliphatic carbocycles. The zero-order chi connectivity index (χ0) is 25.5. The fraction of sp³-hybridized carbons (Fsp3) is 0.174. The van der Waals surface area contributed by atoms with Gasteiger partial charge in [-0.3, -0.25) is 14.2 Å². The van der Waals surface area contributed by atoms with Crippen LogP contribution >= 0.6 is 11.6 Å². The predicted octanol–water partition coefficient (Wildman–Crippen LogP) is 4.75. The number of carboxylic acid groups (broad SMARTS) is 1. The molecule has 0 spiro atoms. The number of carboxylic acids is 1. The van der Waals surface area contributed by atoms with Crippen molar-refractivity contribution in [1.29, 1.82) is 0 Å². The molecule has 4 heterocycles. The number of anilines is 1.